The van der Waals surface area contributed by atoms with Gasteiger partial charge in [0, 0.05) is 12.1 Å². The zero-order valence-corrected chi connectivity index (χ0v) is 16.2. The second kappa shape index (κ2) is 6.48. The van der Waals surface area contributed by atoms with Crippen molar-refractivity contribution in [2.24, 2.45) is 5.92 Å². The minimum atomic E-state index is -0.252. The Morgan fingerprint density at radius 3 is 3.07 bits per heavy atom. The highest BCUT2D eigenvalue weighted by atomic mass is 16.6. The third-order valence-electron chi connectivity index (χ3n) is 6.25. The van der Waals surface area contributed by atoms with E-state index in [1.54, 1.807) is 6.20 Å². The van der Waals surface area contributed by atoms with Gasteiger partial charge < -0.3 is 19.8 Å². The number of carbonyl (C=O) groups is 1. The number of epoxide rings is 1. The largest absolute Gasteiger partial charge is 0.455 e. The number of benzene rings is 1. The molecule has 3 heterocycles. The fourth-order valence-electron chi connectivity index (χ4n) is 4.49. The number of carbonyl (C=O) groups excluding carboxylic acids is 1. The van der Waals surface area contributed by atoms with Crippen LogP contribution in [0.25, 0.3) is 11.0 Å². The van der Waals surface area contributed by atoms with Crippen molar-refractivity contribution in [2.75, 3.05) is 5.32 Å². The summed E-state index contributed by atoms with van der Waals surface area (Å²) in [7, 11) is 0. The molecule has 0 spiro atoms. The van der Waals surface area contributed by atoms with Crippen molar-refractivity contribution < 1.29 is 14.3 Å². The normalized spacial score (nSPS) is 35.6. The summed E-state index contributed by atoms with van der Waals surface area (Å²) in [6.45, 7) is 4.29. The van der Waals surface area contributed by atoms with E-state index in [9.17, 15) is 4.79 Å². The maximum Gasteiger partial charge on any atom is 0.336 e. The van der Waals surface area contributed by atoms with Gasteiger partial charge in [0.2, 0.25) is 5.95 Å². The van der Waals surface area contributed by atoms with Crippen LogP contribution < -0.4 is 5.32 Å². The number of H-pyrrole nitrogens is 1. The summed E-state index contributed by atoms with van der Waals surface area (Å²) >= 11 is 0. The van der Waals surface area contributed by atoms with Crippen LogP contribution in [-0.4, -0.2) is 33.7 Å². The SMILES string of the molecule is C/C1=C\CC[C@@]2(C)O[C@H]2[C@H]2OC(=O)/C(=C\Nc3nc4ccccc4[nH]3)[C@@H]2CC1. The molecule has 0 radical (unpaired) electrons. The van der Waals surface area contributed by atoms with Crippen LogP contribution in [0, 0.1) is 5.92 Å². The molecule has 2 aliphatic heterocycles. The van der Waals surface area contributed by atoms with E-state index in [0.29, 0.717) is 11.5 Å². The number of rotatable bonds is 2. The molecule has 1 aromatic heterocycles. The first kappa shape index (κ1) is 17.5. The van der Waals surface area contributed by atoms with E-state index in [1.807, 2.05) is 24.3 Å². The van der Waals surface area contributed by atoms with E-state index >= 15 is 0 Å². The van der Waals surface area contributed by atoms with E-state index < -0.39 is 0 Å². The number of esters is 1. The lowest BCUT2D eigenvalue weighted by Crippen LogP contribution is -2.29. The molecule has 0 bridgehead atoms. The molecule has 1 aliphatic carbocycles. The fourth-order valence-corrected chi connectivity index (χ4v) is 4.49. The van der Waals surface area contributed by atoms with E-state index in [0.717, 1.165) is 36.7 Å². The van der Waals surface area contributed by atoms with Gasteiger partial charge in [-0.3, -0.25) is 0 Å². The number of nitrogens with one attached hydrogen (secondary N) is 2. The number of hydrogen-bond acceptors (Lipinski definition) is 5. The van der Waals surface area contributed by atoms with Crippen molar-refractivity contribution in [1.29, 1.82) is 0 Å². The van der Waals surface area contributed by atoms with Gasteiger partial charge in [0.05, 0.1) is 22.2 Å². The van der Waals surface area contributed by atoms with Crippen LogP contribution in [0.1, 0.15) is 39.5 Å². The minimum absolute atomic E-state index is 0.00893. The van der Waals surface area contributed by atoms with Gasteiger partial charge in [-0.1, -0.05) is 23.8 Å². The van der Waals surface area contributed by atoms with Crippen molar-refractivity contribution in [1.82, 2.24) is 9.97 Å². The molecule has 0 saturated carbocycles. The van der Waals surface area contributed by atoms with E-state index in [-0.39, 0.29) is 29.7 Å². The highest BCUT2D eigenvalue weighted by Gasteiger charge is 2.61. The molecule has 2 N–H and O–H groups in total. The molecule has 28 heavy (non-hydrogen) atoms. The van der Waals surface area contributed by atoms with Crippen LogP contribution in [0.4, 0.5) is 5.95 Å². The maximum atomic E-state index is 12.6. The fraction of sp³-hybridized carbons (Fsp3) is 0.455. The Morgan fingerprint density at radius 1 is 1.36 bits per heavy atom. The predicted octanol–water partition coefficient (Wildman–Crippen LogP) is 4.08. The molecule has 2 aromatic rings. The second-order valence-corrected chi connectivity index (χ2v) is 8.30. The molecule has 2 fully saturated rings. The Morgan fingerprint density at radius 2 is 2.21 bits per heavy atom. The summed E-state index contributed by atoms with van der Waals surface area (Å²) in [5.74, 6) is 0.392. The molecular weight excluding hydrogens is 354 g/mol. The number of aromatic nitrogens is 2. The van der Waals surface area contributed by atoms with Crippen LogP contribution in [-0.2, 0) is 14.3 Å². The van der Waals surface area contributed by atoms with Crippen LogP contribution in [0.2, 0.25) is 0 Å². The average Bonchev–Trinajstić information content (AvgIpc) is 3.02. The van der Waals surface area contributed by atoms with Gasteiger partial charge in [0.15, 0.2) is 0 Å². The number of anilines is 1. The van der Waals surface area contributed by atoms with Crippen molar-refractivity contribution in [3.63, 3.8) is 0 Å². The Hall–Kier alpha value is -2.60. The zero-order chi connectivity index (χ0) is 19.3. The van der Waals surface area contributed by atoms with Crippen LogP contribution in [0.3, 0.4) is 0 Å². The standard InChI is InChI=1S/C22H25N3O3/c1-13-6-5-11-22(2)19(28-22)18-14(10-9-13)15(20(26)27-18)12-23-21-24-16-7-3-4-8-17(16)25-21/h3-4,6-8,12,14,18-19H,5,9-11H2,1-2H3,(H2,23,24,25)/b13-6+,15-12-/t14-,18-,19-,22+/m0/s1. The molecule has 0 amide bonds. The lowest BCUT2D eigenvalue weighted by molar-refractivity contribution is -0.140. The monoisotopic (exact) mass is 379 g/mol. The Bertz CT molecular complexity index is 959. The minimum Gasteiger partial charge on any atom is -0.455 e. The van der Waals surface area contributed by atoms with Gasteiger partial charge in [0.25, 0.3) is 0 Å². The number of aromatic amines is 1. The second-order valence-electron chi connectivity index (χ2n) is 8.30. The molecule has 6 heteroatoms. The summed E-state index contributed by atoms with van der Waals surface area (Å²) in [6, 6.07) is 7.84. The van der Waals surface area contributed by atoms with E-state index in [4.69, 9.17) is 9.47 Å². The van der Waals surface area contributed by atoms with Crippen molar-refractivity contribution >= 4 is 23.0 Å². The van der Waals surface area contributed by atoms with Crippen molar-refractivity contribution in [3.05, 3.63) is 47.7 Å². The molecule has 2 saturated heterocycles. The molecule has 5 rings (SSSR count). The molecule has 146 valence electrons. The van der Waals surface area contributed by atoms with Gasteiger partial charge in [-0.15, -0.1) is 0 Å². The highest BCUT2D eigenvalue weighted by Crippen LogP contribution is 2.50. The molecule has 0 unspecified atom stereocenters. The third kappa shape index (κ3) is 3.02. The zero-order valence-electron chi connectivity index (χ0n) is 16.2. The van der Waals surface area contributed by atoms with Crippen LogP contribution in [0.15, 0.2) is 47.7 Å². The van der Waals surface area contributed by atoms with E-state index in [2.05, 4.69) is 35.2 Å². The average molecular weight is 379 g/mol. The molecular formula is C22H25N3O3. The van der Waals surface area contributed by atoms with Crippen LogP contribution >= 0.6 is 0 Å². The van der Waals surface area contributed by atoms with Gasteiger partial charge in [0.1, 0.15) is 12.2 Å². The quantitative estimate of drug-likeness (QED) is 0.356. The number of fused-ring (bicyclic) bond motifs is 4. The third-order valence-corrected chi connectivity index (χ3v) is 6.25. The maximum absolute atomic E-state index is 12.6. The number of ether oxygens (including phenoxy) is 2. The number of imidazole rings is 1. The van der Waals surface area contributed by atoms with Gasteiger partial charge >= 0.3 is 5.97 Å². The first-order valence-corrected chi connectivity index (χ1v) is 9.99. The molecule has 1 aromatic carbocycles. The van der Waals surface area contributed by atoms with Gasteiger partial charge in [-0.05, 0) is 51.7 Å². The topological polar surface area (TPSA) is 79.5 Å². The van der Waals surface area contributed by atoms with Crippen LogP contribution in [0.5, 0.6) is 0 Å². The molecule has 6 nitrogen and oxygen atoms in total. The Balaban J connectivity index is 1.42. The first-order chi connectivity index (χ1) is 13.5. The lowest BCUT2D eigenvalue weighted by atomic mass is 9.84. The summed E-state index contributed by atoms with van der Waals surface area (Å²) in [5.41, 5.74) is 3.70. The van der Waals surface area contributed by atoms with Gasteiger partial charge in [-0.25, -0.2) is 9.78 Å². The number of hydrogen-bond donors (Lipinski definition) is 2. The first-order valence-electron chi connectivity index (χ1n) is 9.99. The summed E-state index contributed by atoms with van der Waals surface area (Å²) in [5, 5.41) is 3.17. The molecule has 3 aliphatic rings. The number of nitrogens with zero attached hydrogens (tertiary/aromatic N) is 1. The predicted molar refractivity (Wildman–Crippen MR) is 107 cm³/mol. The smallest absolute Gasteiger partial charge is 0.336 e. The summed E-state index contributed by atoms with van der Waals surface area (Å²) in [4.78, 5) is 20.4. The lowest BCUT2D eigenvalue weighted by Gasteiger charge is -2.19. The van der Waals surface area contributed by atoms with Crippen molar-refractivity contribution in [3.8, 4) is 0 Å². The van der Waals surface area contributed by atoms with Crippen molar-refractivity contribution in [2.45, 2.75) is 57.3 Å². The molecule has 4 atom stereocenters. The van der Waals surface area contributed by atoms with E-state index in [1.165, 1.54) is 5.57 Å². The number of allylic oxidation sites excluding steroid dienone is 2. The Kier molecular flexibility index (Phi) is 4.05. The van der Waals surface area contributed by atoms with Gasteiger partial charge in [-0.2, -0.15) is 0 Å². The summed E-state index contributed by atoms with van der Waals surface area (Å²) in [6.07, 6.45) is 7.67. The Labute approximate surface area is 164 Å². The number of para-hydroxylation sites is 2. The summed E-state index contributed by atoms with van der Waals surface area (Å²) < 4.78 is 11.8. The highest BCUT2D eigenvalue weighted by molar-refractivity contribution is 5.92.